The summed E-state index contributed by atoms with van der Waals surface area (Å²) in [5.74, 6) is 0.711. The zero-order chi connectivity index (χ0) is 21.7. The Kier molecular flexibility index (Phi) is 4.70. The Balaban J connectivity index is 1.44. The fraction of sp³-hybridized carbons (Fsp3) is 0.231. The van der Waals surface area contributed by atoms with E-state index in [1.54, 1.807) is 18.3 Å². The fourth-order valence-corrected chi connectivity index (χ4v) is 5.76. The number of hydrogen-bond acceptors (Lipinski definition) is 4. The van der Waals surface area contributed by atoms with E-state index < -0.39 is 0 Å². The molecule has 6 heteroatoms. The molecule has 3 N–H and O–H groups in total. The quantitative estimate of drug-likeness (QED) is 0.295. The van der Waals surface area contributed by atoms with Gasteiger partial charge in [0, 0.05) is 26.7 Å². The molecule has 4 heterocycles. The number of rotatable bonds is 4. The number of benzene rings is 2. The van der Waals surface area contributed by atoms with Crippen LogP contribution in [0.4, 0.5) is 0 Å². The van der Waals surface area contributed by atoms with Crippen molar-refractivity contribution in [1.29, 1.82) is 0 Å². The maximum absolute atomic E-state index is 11.8. The fourth-order valence-electron chi connectivity index (χ4n) is 4.82. The van der Waals surface area contributed by atoms with E-state index in [4.69, 9.17) is 0 Å². The van der Waals surface area contributed by atoms with E-state index in [1.165, 1.54) is 18.4 Å². The van der Waals surface area contributed by atoms with Crippen LogP contribution in [-0.2, 0) is 0 Å². The van der Waals surface area contributed by atoms with Gasteiger partial charge in [-0.05, 0) is 80.7 Å². The van der Waals surface area contributed by atoms with Crippen molar-refractivity contribution in [2.45, 2.75) is 25.7 Å². The maximum atomic E-state index is 11.8. The summed E-state index contributed by atoms with van der Waals surface area (Å²) >= 11 is 1.55. The van der Waals surface area contributed by atoms with E-state index in [2.05, 4.69) is 63.0 Å². The predicted molar refractivity (Wildman–Crippen MR) is 132 cm³/mol. The minimum Gasteiger partial charge on any atom is -0.353 e. The Bertz CT molecular complexity index is 1450. The second kappa shape index (κ2) is 7.73. The number of aromatic nitrogens is 3. The van der Waals surface area contributed by atoms with Crippen molar-refractivity contribution < 1.29 is 4.79 Å². The number of carbonyl (C=O) groups excluding carboxylic acids is 1. The van der Waals surface area contributed by atoms with Gasteiger partial charge in [-0.2, -0.15) is 5.10 Å². The maximum Gasteiger partial charge on any atom is 0.169 e. The molecule has 1 saturated heterocycles. The van der Waals surface area contributed by atoms with E-state index >= 15 is 0 Å². The first-order valence-corrected chi connectivity index (χ1v) is 11.9. The summed E-state index contributed by atoms with van der Waals surface area (Å²) in [5.41, 5.74) is 6.62. The molecule has 0 bridgehead atoms. The molecule has 0 unspecified atom stereocenters. The van der Waals surface area contributed by atoms with Crippen molar-refractivity contribution in [3.8, 4) is 21.8 Å². The third kappa shape index (κ3) is 3.27. The number of carbonyl (C=O) groups is 1. The zero-order valence-electron chi connectivity index (χ0n) is 17.9. The number of H-pyrrole nitrogens is 2. The summed E-state index contributed by atoms with van der Waals surface area (Å²) in [5, 5.41) is 13.6. The highest BCUT2D eigenvalue weighted by molar-refractivity contribution is 7.17. The van der Waals surface area contributed by atoms with Crippen molar-refractivity contribution in [2.75, 3.05) is 13.1 Å². The van der Waals surface area contributed by atoms with E-state index in [9.17, 15) is 4.79 Å². The van der Waals surface area contributed by atoms with E-state index in [1.807, 2.05) is 12.1 Å². The van der Waals surface area contributed by atoms with Gasteiger partial charge in [0.2, 0.25) is 0 Å². The number of hydrogen-bond donors (Lipinski definition) is 3. The van der Waals surface area contributed by atoms with Crippen molar-refractivity contribution in [3.05, 3.63) is 65.0 Å². The topological polar surface area (TPSA) is 73.6 Å². The minimum absolute atomic E-state index is 0.107. The molecular weight excluding hydrogens is 416 g/mol. The van der Waals surface area contributed by atoms with Gasteiger partial charge in [0.1, 0.15) is 5.69 Å². The Morgan fingerprint density at radius 1 is 1.00 bits per heavy atom. The summed E-state index contributed by atoms with van der Waals surface area (Å²) in [4.78, 5) is 17.2. The lowest BCUT2D eigenvalue weighted by atomic mass is 9.89. The molecule has 1 aliphatic rings. The first kappa shape index (κ1) is 19.5. The average Bonchev–Trinajstić information content (AvgIpc) is 3.56. The Hall–Kier alpha value is -3.22. The van der Waals surface area contributed by atoms with Crippen LogP contribution in [0.15, 0.2) is 54.6 Å². The second-order valence-corrected chi connectivity index (χ2v) is 9.66. The van der Waals surface area contributed by atoms with Gasteiger partial charge in [0.25, 0.3) is 0 Å². The van der Waals surface area contributed by atoms with Crippen LogP contribution in [0.25, 0.3) is 43.6 Å². The number of piperidine rings is 1. The number of thiophene rings is 1. The zero-order valence-corrected chi connectivity index (χ0v) is 18.7. The van der Waals surface area contributed by atoms with Crippen LogP contribution in [0.3, 0.4) is 0 Å². The molecule has 1 aliphatic heterocycles. The van der Waals surface area contributed by atoms with Crippen LogP contribution < -0.4 is 5.32 Å². The van der Waals surface area contributed by atoms with Crippen LogP contribution in [0.5, 0.6) is 0 Å². The lowest BCUT2D eigenvalue weighted by Crippen LogP contribution is -2.26. The standard InChI is InChI=1S/C26H24N4OS/c1-15(31)24-7-8-25(32-24)18-3-2-4-21-19(18)14-23(28-21)26-20-13-17(5-6-22(20)29-30-26)16-9-11-27-12-10-16/h2-8,13-14,16,27-28H,9-12H2,1H3,(H,29,30). The molecule has 0 aliphatic carbocycles. The largest absolute Gasteiger partial charge is 0.353 e. The van der Waals surface area contributed by atoms with Crippen molar-refractivity contribution in [3.63, 3.8) is 0 Å². The van der Waals surface area contributed by atoms with E-state index in [0.717, 1.165) is 61.6 Å². The van der Waals surface area contributed by atoms with Crippen molar-refractivity contribution in [2.24, 2.45) is 0 Å². The molecule has 5 nitrogen and oxygen atoms in total. The van der Waals surface area contributed by atoms with Gasteiger partial charge >= 0.3 is 0 Å². The molecule has 0 saturated carbocycles. The molecule has 0 radical (unpaired) electrons. The molecule has 0 atom stereocenters. The van der Waals surface area contributed by atoms with Crippen LogP contribution in [-0.4, -0.2) is 34.1 Å². The first-order valence-electron chi connectivity index (χ1n) is 11.1. The van der Waals surface area contributed by atoms with Gasteiger partial charge in [-0.15, -0.1) is 11.3 Å². The van der Waals surface area contributed by atoms with Crippen LogP contribution >= 0.6 is 11.3 Å². The van der Waals surface area contributed by atoms with Crippen LogP contribution in [0.1, 0.15) is 40.9 Å². The third-order valence-corrected chi connectivity index (χ3v) is 7.75. The number of nitrogens with one attached hydrogen (secondary N) is 3. The van der Waals surface area contributed by atoms with Gasteiger partial charge in [-0.3, -0.25) is 9.89 Å². The monoisotopic (exact) mass is 440 g/mol. The first-order chi connectivity index (χ1) is 15.7. The summed E-state index contributed by atoms with van der Waals surface area (Å²) < 4.78 is 0. The highest BCUT2D eigenvalue weighted by atomic mass is 32.1. The van der Waals surface area contributed by atoms with Gasteiger partial charge in [0.15, 0.2) is 5.78 Å². The lowest BCUT2D eigenvalue weighted by Gasteiger charge is -2.23. The van der Waals surface area contributed by atoms with Gasteiger partial charge in [-0.25, -0.2) is 0 Å². The molecular formula is C26H24N4OS. The molecule has 5 aromatic rings. The van der Waals surface area contributed by atoms with Crippen molar-refractivity contribution in [1.82, 2.24) is 20.5 Å². The predicted octanol–water partition coefficient (Wildman–Crippen LogP) is 6.11. The number of nitrogens with zero attached hydrogens (tertiary/aromatic N) is 1. The summed E-state index contributed by atoms with van der Waals surface area (Å²) in [6, 6.07) is 19.1. The molecule has 2 aromatic carbocycles. The number of ketones is 1. The molecule has 6 rings (SSSR count). The summed E-state index contributed by atoms with van der Waals surface area (Å²) in [7, 11) is 0. The van der Waals surface area contributed by atoms with E-state index in [-0.39, 0.29) is 5.78 Å². The SMILES string of the molecule is CC(=O)c1ccc(-c2cccc3[nH]c(-c4n[nH]c5ccc(C6CCNCC6)cc45)cc23)s1. The highest BCUT2D eigenvalue weighted by Gasteiger charge is 2.18. The number of Topliss-reactive ketones (excluding diaryl/α,β-unsaturated/α-hetero) is 1. The number of fused-ring (bicyclic) bond motifs is 2. The second-order valence-electron chi connectivity index (χ2n) is 8.57. The Morgan fingerprint density at radius 2 is 1.88 bits per heavy atom. The smallest absolute Gasteiger partial charge is 0.169 e. The number of aromatic amines is 2. The van der Waals surface area contributed by atoms with Crippen LogP contribution in [0, 0.1) is 0 Å². The minimum atomic E-state index is 0.107. The van der Waals surface area contributed by atoms with Crippen molar-refractivity contribution >= 4 is 38.9 Å². The normalized spacial score (nSPS) is 15.0. The molecule has 32 heavy (non-hydrogen) atoms. The summed E-state index contributed by atoms with van der Waals surface area (Å²) in [6.07, 6.45) is 2.36. The lowest BCUT2D eigenvalue weighted by molar-refractivity contribution is 0.102. The average molecular weight is 441 g/mol. The Morgan fingerprint density at radius 3 is 2.69 bits per heavy atom. The molecule has 0 spiro atoms. The van der Waals surface area contributed by atoms with Gasteiger partial charge in [0.05, 0.1) is 16.1 Å². The Labute approximate surface area is 189 Å². The molecule has 1 fully saturated rings. The van der Waals surface area contributed by atoms with Gasteiger partial charge < -0.3 is 10.3 Å². The van der Waals surface area contributed by atoms with Crippen LogP contribution in [0.2, 0.25) is 0 Å². The third-order valence-electron chi connectivity index (χ3n) is 6.54. The van der Waals surface area contributed by atoms with Gasteiger partial charge in [-0.1, -0.05) is 18.2 Å². The molecule has 0 amide bonds. The summed E-state index contributed by atoms with van der Waals surface area (Å²) in [6.45, 7) is 3.78. The highest BCUT2D eigenvalue weighted by Crippen LogP contribution is 2.37. The molecule has 160 valence electrons. The van der Waals surface area contributed by atoms with E-state index in [0.29, 0.717) is 5.92 Å². The molecule has 3 aromatic heterocycles.